The van der Waals surface area contributed by atoms with E-state index in [2.05, 4.69) is 26.0 Å². The molecule has 2 aromatic rings. The summed E-state index contributed by atoms with van der Waals surface area (Å²) < 4.78 is 1.75. The van der Waals surface area contributed by atoms with Gasteiger partial charge in [0.15, 0.2) is 5.82 Å². The molecule has 10 nitrogen and oxygen atoms in total. The molecule has 3 aliphatic heterocycles. The average molecular weight is 423 g/mol. The molecule has 0 saturated carbocycles. The van der Waals surface area contributed by atoms with Gasteiger partial charge in [0.1, 0.15) is 6.04 Å². The minimum atomic E-state index is -0.597. The maximum absolute atomic E-state index is 12.8. The summed E-state index contributed by atoms with van der Waals surface area (Å²) in [5.74, 6) is 0.668. The van der Waals surface area contributed by atoms with Gasteiger partial charge in [-0.25, -0.2) is 4.68 Å². The third-order valence-corrected chi connectivity index (χ3v) is 6.19. The van der Waals surface area contributed by atoms with Crippen molar-refractivity contribution in [3.8, 4) is 0 Å². The molecule has 4 heterocycles. The second kappa shape index (κ2) is 7.77. The lowest BCUT2D eigenvalue weighted by Gasteiger charge is -2.29. The fourth-order valence-corrected chi connectivity index (χ4v) is 4.53. The SMILES string of the molecule is Cn1nc([C@@H]2CCCN2)nc1NCc1ccc2c(c1)CN(C1CCC(=O)NC1=O)C2=O. The number of fused-ring (bicyclic) bond motifs is 1. The van der Waals surface area contributed by atoms with E-state index in [1.165, 1.54) is 0 Å². The summed E-state index contributed by atoms with van der Waals surface area (Å²) in [6.07, 6.45) is 2.80. The largest absolute Gasteiger partial charge is 0.350 e. The van der Waals surface area contributed by atoms with Crippen molar-refractivity contribution in [2.24, 2.45) is 7.05 Å². The van der Waals surface area contributed by atoms with Crippen LogP contribution in [0.4, 0.5) is 5.95 Å². The number of anilines is 1. The van der Waals surface area contributed by atoms with Crippen LogP contribution in [0.2, 0.25) is 0 Å². The number of carbonyl (C=O) groups excluding carboxylic acids is 3. The standard InChI is InChI=1S/C21H25N7O3/c1-27-21(25-18(26-27)15-3-2-8-22-15)23-10-12-4-5-14-13(9-12)11-28(20(14)31)16-6-7-17(29)24-19(16)30/h4-5,9,15-16,22H,2-3,6-8,10-11H2,1H3,(H,23,25,26)(H,24,29,30)/t15-,16?/m0/s1. The van der Waals surface area contributed by atoms with Crippen molar-refractivity contribution >= 4 is 23.7 Å². The lowest BCUT2D eigenvalue weighted by molar-refractivity contribution is -0.136. The highest BCUT2D eigenvalue weighted by atomic mass is 16.2. The fraction of sp³-hybridized carbons (Fsp3) is 0.476. The van der Waals surface area contributed by atoms with Gasteiger partial charge in [0.25, 0.3) is 5.91 Å². The summed E-state index contributed by atoms with van der Waals surface area (Å²) in [4.78, 5) is 42.6. The Labute approximate surface area is 179 Å². The quantitative estimate of drug-likeness (QED) is 0.603. The second-order valence-corrected chi connectivity index (χ2v) is 8.31. The minimum Gasteiger partial charge on any atom is -0.350 e. The van der Waals surface area contributed by atoms with Gasteiger partial charge in [0.2, 0.25) is 17.8 Å². The molecule has 1 aromatic heterocycles. The van der Waals surface area contributed by atoms with E-state index < -0.39 is 11.9 Å². The predicted molar refractivity (Wildman–Crippen MR) is 111 cm³/mol. The average Bonchev–Trinajstić information content (AvgIpc) is 3.46. The number of aryl methyl sites for hydroxylation is 1. The van der Waals surface area contributed by atoms with E-state index in [0.29, 0.717) is 31.0 Å². The Bertz CT molecular complexity index is 1060. The van der Waals surface area contributed by atoms with Crippen LogP contribution >= 0.6 is 0 Å². The molecule has 0 spiro atoms. The van der Waals surface area contributed by atoms with E-state index in [-0.39, 0.29) is 24.3 Å². The minimum absolute atomic E-state index is 0.161. The second-order valence-electron chi connectivity index (χ2n) is 8.31. The number of aromatic nitrogens is 3. The lowest BCUT2D eigenvalue weighted by Crippen LogP contribution is -2.52. The molecule has 1 unspecified atom stereocenters. The third-order valence-electron chi connectivity index (χ3n) is 6.19. The van der Waals surface area contributed by atoms with Gasteiger partial charge in [-0.3, -0.25) is 19.7 Å². The van der Waals surface area contributed by atoms with Crippen LogP contribution in [0.5, 0.6) is 0 Å². The molecule has 0 bridgehead atoms. The van der Waals surface area contributed by atoms with Gasteiger partial charge in [-0.05, 0) is 43.0 Å². The van der Waals surface area contributed by atoms with Crippen molar-refractivity contribution in [2.45, 2.75) is 50.9 Å². The molecule has 31 heavy (non-hydrogen) atoms. The summed E-state index contributed by atoms with van der Waals surface area (Å²) in [5, 5.41) is 13.6. The summed E-state index contributed by atoms with van der Waals surface area (Å²) in [6, 6.07) is 5.33. The highest BCUT2D eigenvalue weighted by Gasteiger charge is 2.39. The first-order valence-corrected chi connectivity index (χ1v) is 10.6. The van der Waals surface area contributed by atoms with Gasteiger partial charge in [-0.2, -0.15) is 10.1 Å². The predicted octanol–water partition coefficient (Wildman–Crippen LogP) is 0.613. The zero-order chi connectivity index (χ0) is 21.5. The third kappa shape index (κ3) is 3.67. The van der Waals surface area contributed by atoms with Crippen molar-refractivity contribution in [2.75, 3.05) is 11.9 Å². The molecule has 3 N–H and O–H groups in total. The van der Waals surface area contributed by atoms with E-state index in [0.717, 1.165) is 36.3 Å². The Hall–Kier alpha value is -3.27. The zero-order valence-corrected chi connectivity index (χ0v) is 17.4. The summed E-state index contributed by atoms with van der Waals surface area (Å²) in [7, 11) is 1.87. The molecule has 0 radical (unpaired) electrons. The Balaban J connectivity index is 1.26. The number of hydrogen-bond donors (Lipinski definition) is 3. The van der Waals surface area contributed by atoms with Crippen molar-refractivity contribution in [1.29, 1.82) is 0 Å². The highest BCUT2D eigenvalue weighted by Crippen LogP contribution is 2.28. The number of carbonyl (C=O) groups is 3. The summed E-state index contributed by atoms with van der Waals surface area (Å²) in [6.45, 7) is 1.91. The van der Waals surface area contributed by atoms with Crippen LogP contribution in [0.1, 0.15) is 59.0 Å². The number of nitrogens with one attached hydrogen (secondary N) is 3. The molecule has 2 fully saturated rings. The first kappa shape index (κ1) is 19.7. The monoisotopic (exact) mass is 423 g/mol. The van der Waals surface area contributed by atoms with Crippen molar-refractivity contribution in [3.05, 3.63) is 40.7 Å². The van der Waals surface area contributed by atoms with Gasteiger partial charge in [0, 0.05) is 32.1 Å². The number of nitrogens with zero attached hydrogens (tertiary/aromatic N) is 4. The molecule has 3 aliphatic rings. The lowest BCUT2D eigenvalue weighted by atomic mass is 10.0. The molecular formula is C21H25N7O3. The first-order valence-electron chi connectivity index (χ1n) is 10.6. The van der Waals surface area contributed by atoms with Crippen LogP contribution in [0, 0.1) is 0 Å². The molecular weight excluding hydrogens is 398 g/mol. The van der Waals surface area contributed by atoms with E-state index in [9.17, 15) is 14.4 Å². The molecule has 10 heteroatoms. The van der Waals surface area contributed by atoms with Crippen LogP contribution in [-0.2, 0) is 29.7 Å². The highest BCUT2D eigenvalue weighted by molar-refractivity contribution is 6.05. The van der Waals surface area contributed by atoms with Crippen molar-refractivity contribution < 1.29 is 14.4 Å². The number of piperidine rings is 1. The molecule has 1 aromatic carbocycles. The Morgan fingerprint density at radius 1 is 1.23 bits per heavy atom. The van der Waals surface area contributed by atoms with Gasteiger partial charge in [-0.1, -0.05) is 12.1 Å². The Kier molecular flexibility index (Phi) is 4.93. The van der Waals surface area contributed by atoms with Crippen LogP contribution < -0.4 is 16.0 Å². The maximum Gasteiger partial charge on any atom is 0.255 e. The molecule has 5 rings (SSSR count). The van der Waals surface area contributed by atoms with Gasteiger partial charge in [-0.15, -0.1) is 0 Å². The maximum atomic E-state index is 12.8. The zero-order valence-electron chi connectivity index (χ0n) is 17.4. The summed E-state index contributed by atoms with van der Waals surface area (Å²) in [5.41, 5.74) is 2.52. The number of hydrogen-bond acceptors (Lipinski definition) is 7. The topological polar surface area (TPSA) is 121 Å². The molecule has 2 saturated heterocycles. The van der Waals surface area contributed by atoms with E-state index in [4.69, 9.17) is 0 Å². The first-order chi connectivity index (χ1) is 15.0. The molecule has 162 valence electrons. The van der Waals surface area contributed by atoms with Crippen LogP contribution in [0.15, 0.2) is 18.2 Å². The smallest absolute Gasteiger partial charge is 0.255 e. The van der Waals surface area contributed by atoms with Gasteiger partial charge < -0.3 is 15.5 Å². The summed E-state index contributed by atoms with van der Waals surface area (Å²) >= 11 is 0. The number of rotatable bonds is 5. The fourth-order valence-electron chi connectivity index (χ4n) is 4.53. The Morgan fingerprint density at radius 3 is 2.87 bits per heavy atom. The number of imide groups is 1. The van der Waals surface area contributed by atoms with Crippen LogP contribution in [-0.4, -0.2) is 50.0 Å². The van der Waals surface area contributed by atoms with Crippen LogP contribution in [0.25, 0.3) is 0 Å². The van der Waals surface area contributed by atoms with E-state index >= 15 is 0 Å². The normalized spacial score (nSPS) is 23.3. The van der Waals surface area contributed by atoms with E-state index in [1.807, 2.05) is 25.2 Å². The van der Waals surface area contributed by atoms with Crippen molar-refractivity contribution in [3.63, 3.8) is 0 Å². The van der Waals surface area contributed by atoms with Crippen molar-refractivity contribution in [1.82, 2.24) is 30.3 Å². The van der Waals surface area contributed by atoms with Gasteiger partial charge in [0.05, 0.1) is 6.04 Å². The van der Waals surface area contributed by atoms with Crippen LogP contribution in [0.3, 0.4) is 0 Å². The molecule has 2 atom stereocenters. The Morgan fingerprint density at radius 2 is 2.10 bits per heavy atom. The molecule has 3 amide bonds. The van der Waals surface area contributed by atoms with Gasteiger partial charge >= 0.3 is 0 Å². The number of amides is 3. The number of benzene rings is 1. The van der Waals surface area contributed by atoms with E-state index in [1.54, 1.807) is 9.58 Å². The molecule has 0 aliphatic carbocycles.